The van der Waals surface area contributed by atoms with Crippen molar-refractivity contribution >= 4 is 46.7 Å². The number of nitrogens with zero attached hydrogens (tertiary/aromatic N) is 12. The molecular weight excluding hydrogens is 1740 g/mol. The van der Waals surface area contributed by atoms with Crippen LogP contribution in [0.1, 0.15) is 255 Å². The summed E-state index contributed by atoms with van der Waals surface area (Å²) in [7, 11) is 0. The minimum absolute atomic E-state index is 0.0412. The second-order valence-electron chi connectivity index (χ2n) is 38.8. The third-order valence-electron chi connectivity index (χ3n) is 27.7. The Morgan fingerprint density at radius 1 is 0.610 bits per heavy atom. The average molecular weight is 1900 g/mol. The Bertz CT molecular complexity index is 4470. The van der Waals surface area contributed by atoms with E-state index in [1.807, 2.05) is 0 Å². The molecule has 0 spiro atoms. The molecule has 0 radical (unpaired) electrons. The number of carboxylic acids is 1. The molecule has 2 aromatic carbocycles. The van der Waals surface area contributed by atoms with E-state index in [0.29, 0.717) is 155 Å². The van der Waals surface area contributed by atoms with Gasteiger partial charge in [0.15, 0.2) is 11.2 Å². The quantitative estimate of drug-likeness (QED) is 0.00709. The van der Waals surface area contributed by atoms with Gasteiger partial charge in [0.1, 0.15) is 35.9 Å². The van der Waals surface area contributed by atoms with Crippen molar-refractivity contribution in [2.24, 2.45) is 79.4 Å². The van der Waals surface area contributed by atoms with Crippen LogP contribution in [0.2, 0.25) is 0 Å². The fourth-order valence-electron chi connectivity index (χ4n) is 20.0. The molecule has 3 heterocycles. The summed E-state index contributed by atoms with van der Waals surface area (Å²) >= 11 is 0. The number of carbonyl (C=O) groups is 4. The van der Waals surface area contributed by atoms with Crippen molar-refractivity contribution in [1.29, 1.82) is 0 Å². The van der Waals surface area contributed by atoms with Gasteiger partial charge in [-0.3, -0.25) is 19.4 Å². The number of hydrogen-bond acceptors (Lipinski definition) is 25. The van der Waals surface area contributed by atoms with Crippen LogP contribution in [0, 0.1) is 84.9 Å². The third kappa shape index (κ3) is 40.0. The number of aromatic nitrogens is 4. The van der Waals surface area contributed by atoms with E-state index in [1.165, 1.54) is 138 Å². The highest BCUT2D eigenvalue weighted by Gasteiger charge is 2.59. The predicted molar refractivity (Wildman–Crippen MR) is 526 cm³/mol. The van der Waals surface area contributed by atoms with Crippen molar-refractivity contribution in [1.82, 2.24) is 35.9 Å². The van der Waals surface area contributed by atoms with Gasteiger partial charge in [-0.1, -0.05) is 154 Å². The highest BCUT2D eigenvalue weighted by atomic mass is 16.6. The van der Waals surface area contributed by atoms with Gasteiger partial charge in [-0.25, -0.2) is 19.6 Å². The van der Waals surface area contributed by atoms with E-state index in [4.69, 9.17) is 79.2 Å². The summed E-state index contributed by atoms with van der Waals surface area (Å²) < 4.78 is 67.6. The van der Waals surface area contributed by atoms with Crippen molar-refractivity contribution in [3.63, 3.8) is 0 Å². The first-order chi connectivity index (χ1) is 65.5. The number of nitrogens with one attached hydrogen (secondary N) is 5. The third-order valence-corrected chi connectivity index (χ3v) is 27.7. The molecule has 2 aromatic heterocycles. The number of fused-ring (bicyclic) bond motifs is 7. The maximum Gasteiger partial charge on any atom is 0.407 e. The van der Waals surface area contributed by atoms with Crippen LogP contribution >= 0.6 is 0 Å². The summed E-state index contributed by atoms with van der Waals surface area (Å²) in [5.41, 5.74) is 38.2. The minimum atomic E-state index is -1.27. The van der Waals surface area contributed by atoms with Gasteiger partial charge >= 0.3 is 12.1 Å². The van der Waals surface area contributed by atoms with E-state index in [9.17, 15) is 29.1 Å². The molecule has 5 aliphatic rings. The number of carboxylic acid groups (broad SMARTS) is 1. The molecule has 36 heteroatoms. The van der Waals surface area contributed by atoms with Crippen LogP contribution in [-0.2, 0) is 69.9 Å². The Kier molecular flexibility index (Phi) is 52.5. The first-order valence-corrected chi connectivity index (χ1v) is 50.0. The largest absolute Gasteiger partial charge is 0.491 e. The molecule has 760 valence electrons. The number of rotatable bonds is 64. The van der Waals surface area contributed by atoms with Crippen molar-refractivity contribution in [2.75, 3.05) is 169 Å². The molecule has 9 rings (SSSR count). The number of alkyl carbamates (subject to hydrolysis) is 1. The first kappa shape index (κ1) is 114. The van der Waals surface area contributed by atoms with Gasteiger partial charge in [0.25, 0.3) is 11.5 Å². The van der Waals surface area contributed by atoms with Gasteiger partial charge < -0.3 is 88.9 Å². The fraction of sp³-hybridized carbons (Fsp3) is 0.760. The average Bonchev–Trinajstić information content (AvgIpc) is 1.49. The lowest BCUT2D eigenvalue weighted by Crippen LogP contribution is -2.51. The molecular formula is C100H162N18O18. The zero-order valence-electron chi connectivity index (χ0n) is 83.8. The van der Waals surface area contributed by atoms with Gasteiger partial charge in [0.2, 0.25) is 11.9 Å². The van der Waals surface area contributed by atoms with E-state index in [2.05, 4.69) is 167 Å². The summed E-state index contributed by atoms with van der Waals surface area (Å²) in [5, 5.41) is 30.7. The molecule has 3 amide bonds. The Morgan fingerprint density at radius 3 is 1.71 bits per heavy atom. The van der Waals surface area contributed by atoms with Gasteiger partial charge in [-0.2, -0.15) is 4.98 Å². The molecule has 36 nitrogen and oxygen atoms in total. The van der Waals surface area contributed by atoms with E-state index >= 15 is 0 Å². The zero-order valence-corrected chi connectivity index (χ0v) is 83.8. The van der Waals surface area contributed by atoms with Crippen LogP contribution in [-0.4, -0.2) is 225 Å². The number of nitrogen functional groups attached to an aromatic ring is 1. The standard InChI is InChI=1S/C37H65N3O5.C36H62N4O5.C27H35N11O8/c1-28(2)12-9-13-29(3)14-10-15-30(4)16-11-18-37(8)19-17-34-33(7)35(31(5)32(6)36(34)45-37)44-27-26-43-25-24-42-23-22-41-21-20-39-40-38;1-26(2)7-6-8-27(3)31-11-12-32-30-10-9-28-25-29(13-15-35(28,4)33(30)14-16-36(31,32)5)45-34(41)38-17-19-42-21-23-44-24-22-43-20-18-39-40-37;28-27-36-23-22(25(41)37-27)34-19(16-32-23)15-31-18-3-1-17(2-4-18)24(40)35-20(26(42)43)5-6-21(39)30-7-9-44-11-13-46-14-12-45-10-8-33-38-29/h28-30H,9-27H2,1-8H3;9,26-27,29-33H,6-8,10-25H2,1-5H3,(H,38,41);1-4,16,20,31H,5-15H2,(H,30,39)(H,35,40)(H,42,43)(H3,28,32,36,37,41)/t;27-,29?,30+,31-,32+,33+,35+,36-;20-/m.10/s1. The fourth-order valence-corrected chi connectivity index (χ4v) is 20.0. The summed E-state index contributed by atoms with van der Waals surface area (Å²) in [6.07, 6.45) is 31.3. The van der Waals surface area contributed by atoms with E-state index < -0.39 is 23.5 Å². The Morgan fingerprint density at radius 2 is 1.15 bits per heavy atom. The van der Waals surface area contributed by atoms with E-state index in [-0.39, 0.29) is 90.9 Å². The van der Waals surface area contributed by atoms with Crippen molar-refractivity contribution in [2.45, 2.75) is 268 Å². The zero-order chi connectivity index (χ0) is 98.5. The van der Waals surface area contributed by atoms with Gasteiger partial charge in [-0.05, 0) is 226 Å². The SMILES string of the molecule is CC(C)CCC[C@@H](C)[C@H]1CC[C@H]2[C@@H]3CC=C4CC(OC(=O)NCCOCCOCCOCCN=[N+]=[N-])CC[C@]4(C)[C@H]3CC[C@]12C.Cc1c(C)c2c(c(C)c1OCCOCCOCCOCCN=[N+]=[N-])CCC(C)(CCCC(C)CCCC(C)CCCC(C)C)O2.[N-]=[N+]=NCCOCCOCCOCCNC(=O)CC[C@H](NC(=O)c1ccc(NCc2cnc3nc(N)[nH]c(=O)c3n2)cc1)C(=O)O. The topological polar surface area (TPSA) is 491 Å². The summed E-state index contributed by atoms with van der Waals surface area (Å²) in [6, 6.07) is 5.01. The lowest BCUT2D eigenvalue weighted by molar-refractivity contribution is -0.139. The van der Waals surface area contributed by atoms with Crippen LogP contribution in [0.5, 0.6) is 11.5 Å². The van der Waals surface area contributed by atoms with Gasteiger partial charge in [0.05, 0.1) is 137 Å². The van der Waals surface area contributed by atoms with Gasteiger partial charge in [-0.15, -0.1) is 0 Å². The number of allylic oxidation sites excluding steroid dienone is 1. The first-order valence-electron chi connectivity index (χ1n) is 50.0. The lowest BCUT2D eigenvalue weighted by atomic mass is 9.47. The number of aromatic amines is 1. The molecule has 4 aliphatic carbocycles. The molecule has 3 fully saturated rings. The Balaban J connectivity index is 0.000000278. The predicted octanol–water partition coefficient (Wildman–Crippen LogP) is 18.7. The second kappa shape index (κ2) is 62.7. The van der Waals surface area contributed by atoms with Crippen molar-refractivity contribution in [3.05, 3.63) is 117 Å². The van der Waals surface area contributed by atoms with Crippen LogP contribution in [0.15, 0.2) is 62.2 Å². The van der Waals surface area contributed by atoms with E-state index in [0.717, 1.165) is 109 Å². The molecule has 0 bridgehead atoms. The van der Waals surface area contributed by atoms with Crippen LogP contribution < -0.4 is 42.0 Å². The molecule has 12 atom stereocenters. The van der Waals surface area contributed by atoms with Crippen molar-refractivity contribution < 1.29 is 81.1 Å². The van der Waals surface area contributed by atoms with Gasteiger partial charge in [0, 0.05) is 77.1 Å². The summed E-state index contributed by atoms with van der Waals surface area (Å²) in [5.74, 6) is 7.25. The summed E-state index contributed by atoms with van der Waals surface area (Å²) in [6.45, 7) is 40.6. The molecule has 4 aromatic rings. The molecule has 8 N–H and O–H groups in total. The molecule has 3 saturated carbocycles. The number of ether oxygens (including phenoxy) is 12. The summed E-state index contributed by atoms with van der Waals surface area (Å²) in [4.78, 5) is 83.7. The number of aliphatic carboxylic acids is 1. The van der Waals surface area contributed by atoms with Crippen LogP contribution in [0.4, 0.5) is 16.4 Å². The monoisotopic (exact) mass is 1900 g/mol. The number of hydrogen-bond donors (Lipinski definition) is 7. The molecule has 1 aliphatic heterocycles. The number of nitrogens with two attached hydrogens (primary N) is 1. The number of anilines is 2. The number of benzene rings is 2. The number of azide groups is 3. The smallest absolute Gasteiger partial charge is 0.407 e. The maximum atomic E-state index is 12.7. The van der Waals surface area contributed by atoms with E-state index in [1.54, 1.807) is 17.7 Å². The van der Waals surface area contributed by atoms with Crippen LogP contribution in [0.25, 0.3) is 42.5 Å². The highest BCUT2D eigenvalue weighted by Crippen LogP contribution is 2.67. The maximum absolute atomic E-state index is 12.7. The number of amides is 3. The minimum Gasteiger partial charge on any atom is -0.491 e. The van der Waals surface area contributed by atoms with Crippen molar-refractivity contribution in [3.8, 4) is 11.5 Å². The highest BCUT2D eigenvalue weighted by molar-refractivity contribution is 5.97. The van der Waals surface area contributed by atoms with Crippen LogP contribution in [0.3, 0.4) is 0 Å². The number of H-pyrrole nitrogens is 1. The lowest BCUT2D eigenvalue weighted by Gasteiger charge is -2.58. The Labute approximate surface area is 805 Å². The normalized spacial score (nSPS) is 20.5. The molecule has 136 heavy (non-hydrogen) atoms. The number of carbonyl (C=O) groups excluding carboxylic acids is 3. The molecule has 0 saturated heterocycles. The Hall–Kier alpha value is -9.15. The second-order valence-corrected chi connectivity index (χ2v) is 38.8. The molecule has 4 unspecified atom stereocenters.